The van der Waals surface area contributed by atoms with Crippen molar-refractivity contribution < 1.29 is 0 Å². The maximum absolute atomic E-state index is 12.0. The van der Waals surface area contributed by atoms with Gasteiger partial charge in [0.1, 0.15) is 4.83 Å². The summed E-state index contributed by atoms with van der Waals surface area (Å²) in [4.78, 5) is 20.0. The molecular formula is C14H9ClN4OS. The molecule has 2 aromatic heterocycles. The summed E-state index contributed by atoms with van der Waals surface area (Å²) in [7, 11) is 0. The average Bonchev–Trinajstić information content (AvgIpc) is 2.76. The molecule has 0 unspecified atom stereocenters. The molecule has 0 amide bonds. The summed E-state index contributed by atoms with van der Waals surface area (Å²) in [5, 5.41) is 10.0. The van der Waals surface area contributed by atoms with E-state index < -0.39 is 0 Å². The lowest BCUT2D eigenvalue weighted by Crippen LogP contribution is -2.10. The van der Waals surface area contributed by atoms with E-state index in [1.165, 1.54) is 11.3 Å². The molecule has 0 bridgehead atoms. The number of nitrogens with one attached hydrogen (secondary N) is 1. The van der Waals surface area contributed by atoms with Crippen molar-refractivity contribution in [3.8, 4) is 16.5 Å². The van der Waals surface area contributed by atoms with Crippen LogP contribution in [0.3, 0.4) is 0 Å². The lowest BCUT2D eigenvalue weighted by atomic mass is 10.1. The number of H-pyrrole nitrogens is 1. The first-order chi connectivity index (χ1) is 10.0. The Hall–Kier alpha value is -2.36. The van der Waals surface area contributed by atoms with Crippen molar-refractivity contribution in [1.82, 2.24) is 9.97 Å². The van der Waals surface area contributed by atoms with Gasteiger partial charge in [-0.2, -0.15) is 5.26 Å². The number of nitrogens with two attached hydrogens (primary N) is 1. The predicted molar refractivity (Wildman–Crippen MR) is 84.6 cm³/mol. The van der Waals surface area contributed by atoms with E-state index in [4.69, 9.17) is 22.6 Å². The number of rotatable bonds is 1. The molecule has 0 radical (unpaired) electrons. The Balaban J connectivity index is 2.37. The van der Waals surface area contributed by atoms with Gasteiger partial charge >= 0.3 is 0 Å². The first-order valence-corrected chi connectivity index (χ1v) is 7.19. The second-order valence-corrected chi connectivity index (χ2v) is 5.90. The minimum atomic E-state index is -0.273. The molecule has 3 aromatic rings. The van der Waals surface area contributed by atoms with E-state index in [1.807, 2.05) is 6.92 Å². The molecule has 0 atom stereocenters. The molecule has 0 aliphatic rings. The van der Waals surface area contributed by atoms with Crippen LogP contribution in [-0.2, 0) is 0 Å². The zero-order chi connectivity index (χ0) is 15.1. The van der Waals surface area contributed by atoms with Gasteiger partial charge in [-0.15, -0.1) is 11.3 Å². The van der Waals surface area contributed by atoms with Gasteiger partial charge in [0.25, 0.3) is 5.56 Å². The normalized spacial score (nSPS) is 10.7. The molecule has 0 saturated carbocycles. The molecule has 7 heteroatoms. The fourth-order valence-electron chi connectivity index (χ4n) is 2.19. The molecule has 2 heterocycles. The summed E-state index contributed by atoms with van der Waals surface area (Å²) < 4.78 is 0. The first kappa shape index (κ1) is 13.6. The molecule has 0 saturated heterocycles. The Bertz CT molecular complexity index is 967. The zero-order valence-electron chi connectivity index (χ0n) is 10.9. The third kappa shape index (κ3) is 2.17. The Morgan fingerprint density at radius 3 is 2.95 bits per heavy atom. The van der Waals surface area contributed by atoms with E-state index in [-0.39, 0.29) is 11.5 Å². The second-order valence-electron chi connectivity index (χ2n) is 4.49. The number of benzene rings is 1. The van der Waals surface area contributed by atoms with Gasteiger partial charge in [-0.05, 0) is 30.7 Å². The fourth-order valence-corrected chi connectivity index (χ4v) is 3.67. The van der Waals surface area contributed by atoms with Crippen LogP contribution in [0.5, 0.6) is 0 Å². The minimum Gasteiger partial charge on any atom is -0.369 e. The summed E-state index contributed by atoms with van der Waals surface area (Å²) in [6, 6.07) is 7.11. The van der Waals surface area contributed by atoms with Gasteiger partial charge in [0, 0.05) is 15.5 Å². The van der Waals surface area contributed by atoms with E-state index in [0.29, 0.717) is 26.4 Å². The summed E-state index contributed by atoms with van der Waals surface area (Å²) in [6.07, 6.45) is 0. The number of aryl methyl sites for hydroxylation is 1. The smallest absolute Gasteiger partial charge is 0.261 e. The van der Waals surface area contributed by atoms with E-state index in [1.54, 1.807) is 18.2 Å². The number of aromatic nitrogens is 2. The quantitative estimate of drug-likeness (QED) is 0.721. The summed E-state index contributed by atoms with van der Waals surface area (Å²) in [5.74, 6) is 0.0807. The number of anilines is 1. The SMILES string of the molecule is Cc1c(-c2cc(C#N)ccc2Cl)sc2nc(N)[nH]c(=O)c12. The highest BCUT2D eigenvalue weighted by Gasteiger charge is 2.17. The van der Waals surface area contributed by atoms with Crippen LogP contribution in [0, 0.1) is 18.3 Å². The maximum atomic E-state index is 12.0. The molecule has 3 rings (SSSR count). The molecule has 0 spiro atoms. The molecule has 0 fully saturated rings. The maximum Gasteiger partial charge on any atom is 0.261 e. The number of halogens is 1. The number of fused-ring (bicyclic) bond motifs is 1. The van der Waals surface area contributed by atoms with Crippen molar-refractivity contribution in [3.05, 3.63) is 44.7 Å². The Morgan fingerprint density at radius 1 is 1.48 bits per heavy atom. The van der Waals surface area contributed by atoms with E-state index in [2.05, 4.69) is 16.0 Å². The first-order valence-electron chi connectivity index (χ1n) is 6.00. The monoisotopic (exact) mass is 316 g/mol. The minimum absolute atomic E-state index is 0.0807. The van der Waals surface area contributed by atoms with Crippen LogP contribution in [0.1, 0.15) is 11.1 Å². The summed E-state index contributed by atoms with van der Waals surface area (Å²) in [5.41, 5.74) is 7.30. The van der Waals surface area contributed by atoms with Crippen molar-refractivity contribution in [2.75, 3.05) is 5.73 Å². The predicted octanol–water partition coefficient (Wildman–Crippen LogP) is 3.07. The van der Waals surface area contributed by atoms with Gasteiger partial charge in [0.2, 0.25) is 5.95 Å². The number of aromatic amines is 1. The van der Waals surface area contributed by atoms with Crippen LogP contribution >= 0.6 is 22.9 Å². The number of hydrogen-bond acceptors (Lipinski definition) is 5. The Kier molecular flexibility index (Phi) is 3.16. The largest absolute Gasteiger partial charge is 0.369 e. The molecular weight excluding hydrogens is 308 g/mol. The van der Waals surface area contributed by atoms with Gasteiger partial charge < -0.3 is 5.73 Å². The molecule has 21 heavy (non-hydrogen) atoms. The third-order valence-electron chi connectivity index (χ3n) is 3.16. The Labute approximate surface area is 128 Å². The highest BCUT2D eigenvalue weighted by molar-refractivity contribution is 7.22. The van der Waals surface area contributed by atoms with Gasteiger partial charge in [-0.3, -0.25) is 9.78 Å². The number of thiophene rings is 1. The average molecular weight is 317 g/mol. The fraction of sp³-hybridized carbons (Fsp3) is 0.0714. The molecule has 104 valence electrons. The Morgan fingerprint density at radius 2 is 2.24 bits per heavy atom. The number of nitrogens with zero attached hydrogens (tertiary/aromatic N) is 2. The molecule has 3 N–H and O–H groups in total. The molecule has 1 aromatic carbocycles. The van der Waals surface area contributed by atoms with Gasteiger partial charge in [0.05, 0.1) is 17.0 Å². The number of hydrogen-bond donors (Lipinski definition) is 2. The molecule has 0 aliphatic heterocycles. The van der Waals surface area contributed by atoms with Crippen LogP contribution in [0.25, 0.3) is 20.7 Å². The number of nitriles is 1. The third-order valence-corrected chi connectivity index (χ3v) is 4.71. The van der Waals surface area contributed by atoms with Crippen molar-refractivity contribution in [3.63, 3.8) is 0 Å². The topological polar surface area (TPSA) is 95.6 Å². The van der Waals surface area contributed by atoms with Crippen molar-refractivity contribution in [2.24, 2.45) is 0 Å². The van der Waals surface area contributed by atoms with E-state index >= 15 is 0 Å². The summed E-state index contributed by atoms with van der Waals surface area (Å²) in [6.45, 7) is 1.83. The summed E-state index contributed by atoms with van der Waals surface area (Å²) >= 11 is 7.56. The van der Waals surface area contributed by atoms with Crippen molar-refractivity contribution in [2.45, 2.75) is 6.92 Å². The lowest BCUT2D eigenvalue weighted by molar-refractivity contribution is 1.19. The zero-order valence-corrected chi connectivity index (χ0v) is 12.5. The molecule has 0 aliphatic carbocycles. The van der Waals surface area contributed by atoms with Crippen LogP contribution < -0.4 is 11.3 Å². The van der Waals surface area contributed by atoms with Gasteiger partial charge in [-0.25, -0.2) is 4.98 Å². The van der Waals surface area contributed by atoms with Crippen LogP contribution in [0.15, 0.2) is 23.0 Å². The second kappa shape index (κ2) is 4.88. The lowest BCUT2D eigenvalue weighted by Gasteiger charge is -2.03. The standard InChI is InChI=1S/C14H9ClN4OS/c1-6-10-12(20)18-14(17)19-13(10)21-11(6)8-4-7(5-16)2-3-9(8)15/h2-4H,1H3,(H3,17,18,19,20). The van der Waals surface area contributed by atoms with Gasteiger partial charge in [-0.1, -0.05) is 11.6 Å². The van der Waals surface area contributed by atoms with Crippen molar-refractivity contribution >= 4 is 39.1 Å². The molecule has 5 nitrogen and oxygen atoms in total. The highest BCUT2D eigenvalue weighted by Crippen LogP contribution is 2.39. The van der Waals surface area contributed by atoms with E-state index in [9.17, 15) is 4.79 Å². The van der Waals surface area contributed by atoms with E-state index in [0.717, 1.165) is 10.4 Å². The van der Waals surface area contributed by atoms with Crippen LogP contribution in [-0.4, -0.2) is 9.97 Å². The highest BCUT2D eigenvalue weighted by atomic mass is 35.5. The van der Waals surface area contributed by atoms with Gasteiger partial charge in [0.15, 0.2) is 0 Å². The van der Waals surface area contributed by atoms with Crippen LogP contribution in [0.2, 0.25) is 5.02 Å². The van der Waals surface area contributed by atoms with Crippen LogP contribution in [0.4, 0.5) is 5.95 Å². The number of nitrogen functional groups attached to an aromatic ring is 1. The van der Waals surface area contributed by atoms with Crippen molar-refractivity contribution in [1.29, 1.82) is 5.26 Å².